The minimum Gasteiger partial charge on any atom is -0.494 e. The first-order valence-corrected chi connectivity index (χ1v) is 8.59. The summed E-state index contributed by atoms with van der Waals surface area (Å²) in [4.78, 5) is 16.3. The van der Waals surface area contributed by atoms with Crippen LogP contribution >= 0.6 is 11.6 Å². The molecule has 1 N–H and O–H groups in total. The summed E-state index contributed by atoms with van der Waals surface area (Å²) in [6, 6.07) is 14.7. The Morgan fingerprint density at radius 2 is 1.96 bits per heavy atom. The number of halogens is 1. The van der Waals surface area contributed by atoms with Gasteiger partial charge in [-0.05, 0) is 36.8 Å². The minimum absolute atomic E-state index is 0.133. The van der Waals surface area contributed by atoms with Gasteiger partial charge in [0.2, 0.25) is 17.6 Å². The number of nitrogens with zero attached hydrogens (tertiary/aromatic N) is 2. The third-order valence-corrected chi connectivity index (χ3v) is 3.95. The van der Waals surface area contributed by atoms with Crippen molar-refractivity contribution in [3.8, 4) is 17.1 Å². The summed E-state index contributed by atoms with van der Waals surface area (Å²) in [5.74, 6) is 1.37. The van der Waals surface area contributed by atoms with E-state index in [0.29, 0.717) is 28.9 Å². The molecule has 0 aliphatic carbocycles. The number of nitrogens with one attached hydrogen (secondary N) is 1. The van der Waals surface area contributed by atoms with Gasteiger partial charge in [-0.3, -0.25) is 4.79 Å². The predicted octanol–water partition coefficient (Wildman–Crippen LogP) is 3.65. The zero-order valence-electron chi connectivity index (χ0n) is 14.2. The van der Waals surface area contributed by atoms with Crippen LogP contribution in [0.3, 0.4) is 0 Å². The van der Waals surface area contributed by atoms with E-state index in [1.165, 1.54) is 0 Å². The summed E-state index contributed by atoms with van der Waals surface area (Å²) in [7, 11) is 0. The second-order valence-corrected chi connectivity index (χ2v) is 5.93. The smallest absolute Gasteiger partial charge is 0.246 e. The van der Waals surface area contributed by atoms with Gasteiger partial charge in [-0.1, -0.05) is 41.0 Å². The van der Waals surface area contributed by atoms with E-state index in [-0.39, 0.29) is 18.9 Å². The van der Waals surface area contributed by atoms with Crippen LogP contribution in [0.5, 0.6) is 5.75 Å². The first-order chi connectivity index (χ1) is 12.7. The second kappa shape index (κ2) is 8.49. The molecule has 0 aliphatic rings. The van der Waals surface area contributed by atoms with Crippen molar-refractivity contribution in [2.75, 3.05) is 6.61 Å². The van der Waals surface area contributed by atoms with Crippen molar-refractivity contribution in [3.05, 3.63) is 65.0 Å². The quantitative estimate of drug-likeness (QED) is 0.686. The maximum absolute atomic E-state index is 12.1. The lowest BCUT2D eigenvalue weighted by Crippen LogP contribution is -2.24. The van der Waals surface area contributed by atoms with E-state index in [2.05, 4.69) is 15.5 Å². The number of hydrogen-bond donors (Lipinski definition) is 1. The highest BCUT2D eigenvalue weighted by Crippen LogP contribution is 2.24. The fourth-order valence-electron chi connectivity index (χ4n) is 2.37. The van der Waals surface area contributed by atoms with E-state index < -0.39 is 0 Å². The molecule has 0 fully saturated rings. The van der Waals surface area contributed by atoms with Gasteiger partial charge in [-0.15, -0.1) is 0 Å². The number of benzene rings is 2. The largest absolute Gasteiger partial charge is 0.494 e. The molecule has 0 saturated heterocycles. The van der Waals surface area contributed by atoms with Crippen LogP contribution in [0.25, 0.3) is 11.4 Å². The van der Waals surface area contributed by atoms with Crippen LogP contribution in [0.4, 0.5) is 0 Å². The highest BCUT2D eigenvalue weighted by atomic mass is 35.5. The molecule has 7 heteroatoms. The number of ether oxygens (including phenoxy) is 1. The lowest BCUT2D eigenvalue weighted by atomic mass is 10.1. The monoisotopic (exact) mass is 371 g/mol. The molecule has 1 aromatic heterocycles. The topological polar surface area (TPSA) is 77.2 Å². The molecular weight excluding hydrogens is 354 g/mol. The van der Waals surface area contributed by atoms with Gasteiger partial charge in [-0.25, -0.2) is 0 Å². The standard InChI is InChI=1S/C19H18ClN3O3/c1-2-25-14-9-7-13(8-10-14)11-17(24)21-12-18-22-19(23-26-18)15-5-3-4-6-16(15)20/h3-10H,2,11-12H2,1H3,(H,21,24). The van der Waals surface area contributed by atoms with Crippen LogP contribution in [-0.2, 0) is 17.8 Å². The van der Waals surface area contributed by atoms with E-state index >= 15 is 0 Å². The third-order valence-electron chi connectivity index (χ3n) is 3.62. The Balaban J connectivity index is 1.54. The summed E-state index contributed by atoms with van der Waals surface area (Å²) in [5, 5.41) is 7.21. The molecule has 0 bridgehead atoms. The first kappa shape index (κ1) is 17.9. The molecule has 134 valence electrons. The predicted molar refractivity (Wildman–Crippen MR) is 97.9 cm³/mol. The molecule has 6 nitrogen and oxygen atoms in total. The van der Waals surface area contributed by atoms with E-state index in [1.54, 1.807) is 6.07 Å². The van der Waals surface area contributed by atoms with Gasteiger partial charge < -0.3 is 14.6 Å². The van der Waals surface area contributed by atoms with Crippen LogP contribution in [0, 0.1) is 0 Å². The summed E-state index contributed by atoms with van der Waals surface area (Å²) in [5.41, 5.74) is 1.58. The number of carbonyl (C=O) groups excluding carboxylic acids is 1. The van der Waals surface area contributed by atoms with Gasteiger partial charge in [0.15, 0.2) is 0 Å². The van der Waals surface area contributed by atoms with E-state index in [0.717, 1.165) is 11.3 Å². The fraction of sp³-hybridized carbons (Fsp3) is 0.211. The normalized spacial score (nSPS) is 10.5. The molecule has 0 radical (unpaired) electrons. The average molecular weight is 372 g/mol. The lowest BCUT2D eigenvalue weighted by Gasteiger charge is -2.05. The van der Waals surface area contributed by atoms with Gasteiger partial charge in [-0.2, -0.15) is 4.98 Å². The molecule has 3 aromatic rings. The van der Waals surface area contributed by atoms with Crippen molar-refractivity contribution in [2.45, 2.75) is 19.9 Å². The number of aromatic nitrogens is 2. The minimum atomic E-state index is -0.133. The summed E-state index contributed by atoms with van der Waals surface area (Å²) in [6.07, 6.45) is 0.262. The molecule has 1 amide bonds. The van der Waals surface area contributed by atoms with Crippen LogP contribution in [0.1, 0.15) is 18.4 Å². The van der Waals surface area contributed by atoms with Crippen molar-refractivity contribution in [2.24, 2.45) is 0 Å². The number of carbonyl (C=O) groups is 1. The van der Waals surface area contributed by atoms with Crippen LogP contribution in [0.2, 0.25) is 5.02 Å². The summed E-state index contributed by atoms with van der Waals surface area (Å²) in [6.45, 7) is 2.70. The summed E-state index contributed by atoms with van der Waals surface area (Å²) >= 11 is 6.12. The van der Waals surface area contributed by atoms with Crippen LogP contribution in [0.15, 0.2) is 53.1 Å². The molecule has 26 heavy (non-hydrogen) atoms. The van der Waals surface area contributed by atoms with Gasteiger partial charge in [0, 0.05) is 5.56 Å². The van der Waals surface area contributed by atoms with Crippen LogP contribution in [-0.4, -0.2) is 22.7 Å². The van der Waals surface area contributed by atoms with E-state index in [9.17, 15) is 4.79 Å². The van der Waals surface area contributed by atoms with Gasteiger partial charge in [0.05, 0.1) is 24.6 Å². The van der Waals surface area contributed by atoms with Gasteiger partial charge >= 0.3 is 0 Å². The molecule has 3 rings (SSSR count). The van der Waals surface area contributed by atoms with Crippen molar-refractivity contribution in [3.63, 3.8) is 0 Å². The van der Waals surface area contributed by atoms with Crippen molar-refractivity contribution < 1.29 is 14.1 Å². The zero-order chi connectivity index (χ0) is 18.4. The maximum atomic E-state index is 12.1. The Hall–Kier alpha value is -2.86. The molecule has 0 saturated carbocycles. The third kappa shape index (κ3) is 4.61. The van der Waals surface area contributed by atoms with Crippen LogP contribution < -0.4 is 10.1 Å². The zero-order valence-corrected chi connectivity index (χ0v) is 15.0. The Kier molecular flexibility index (Phi) is 5.86. The van der Waals surface area contributed by atoms with Crippen molar-refractivity contribution in [1.29, 1.82) is 0 Å². The number of rotatable bonds is 7. The number of hydrogen-bond acceptors (Lipinski definition) is 5. The Morgan fingerprint density at radius 3 is 2.69 bits per heavy atom. The highest BCUT2D eigenvalue weighted by molar-refractivity contribution is 6.33. The maximum Gasteiger partial charge on any atom is 0.246 e. The molecular formula is C19H18ClN3O3. The fourth-order valence-corrected chi connectivity index (χ4v) is 2.59. The Morgan fingerprint density at radius 1 is 1.19 bits per heavy atom. The first-order valence-electron chi connectivity index (χ1n) is 8.21. The average Bonchev–Trinajstić information content (AvgIpc) is 3.11. The van der Waals surface area contributed by atoms with E-state index in [1.807, 2.05) is 49.4 Å². The van der Waals surface area contributed by atoms with Gasteiger partial charge in [0.1, 0.15) is 5.75 Å². The number of amides is 1. The van der Waals surface area contributed by atoms with Crippen molar-refractivity contribution >= 4 is 17.5 Å². The lowest BCUT2D eigenvalue weighted by molar-refractivity contribution is -0.120. The van der Waals surface area contributed by atoms with E-state index in [4.69, 9.17) is 20.9 Å². The highest BCUT2D eigenvalue weighted by Gasteiger charge is 2.12. The molecule has 0 aliphatic heterocycles. The van der Waals surface area contributed by atoms with Crippen molar-refractivity contribution in [1.82, 2.24) is 15.5 Å². The Labute approximate surface area is 156 Å². The Bertz CT molecular complexity index is 878. The molecule has 0 unspecified atom stereocenters. The molecule has 2 aromatic carbocycles. The molecule has 0 spiro atoms. The molecule has 0 atom stereocenters. The van der Waals surface area contributed by atoms with Gasteiger partial charge in [0.25, 0.3) is 0 Å². The molecule has 1 heterocycles. The summed E-state index contributed by atoms with van der Waals surface area (Å²) < 4.78 is 10.5. The SMILES string of the molecule is CCOc1ccc(CC(=O)NCc2nc(-c3ccccc3Cl)no2)cc1. The second-order valence-electron chi connectivity index (χ2n) is 5.52.